The molecule has 0 saturated heterocycles. The molecule has 0 saturated carbocycles. The third-order valence-corrected chi connectivity index (χ3v) is 3.48. The summed E-state index contributed by atoms with van der Waals surface area (Å²) >= 11 is 1.46. The lowest BCUT2D eigenvalue weighted by molar-refractivity contribution is 0.102. The first-order chi connectivity index (χ1) is 7.66. The normalized spacial score (nSPS) is 10.4. The predicted molar refractivity (Wildman–Crippen MR) is 63.9 cm³/mol. The molecular formula is C12H12N2OS. The minimum absolute atomic E-state index is 0.0854. The second-order valence-electron chi connectivity index (χ2n) is 3.58. The van der Waals surface area contributed by atoms with Crippen LogP contribution in [0.5, 0.6) is 0 Å². The Bertz CT molecular complexity index is 505. The summed E-state index contributed by atoms with van der Waals surface area (Å²) in [5.74, 6) is 0.0854. The van der Waals surface area contributed by atoms with E-state index < -0.39 is 0 Å². The van der Waals surface area contributed by atoms with Crippen LogP contribution in [-0.2, 0) is 6.42 Å². The van der Waals surface area contributed by atoms with Gasteiger partial charge in [0.1, 0.15) is 0 Å². The van der Waals surface area contributed by atoms with Crippen molar-refractivity contribution in [3.05, 3.63) is 45.7 Å². The van der Waals surface area contributed by atoms with Crippen molar-refractivity contribution < 1.29 is 4.79 Å². The summed E-state index contributed by atoms with van der Waals surface area (Å²) in [6.45, 7) is 3.44. The highest BCUT2D eigenvalue weighted by Gasteiger charge is 2.11. The molecule has 0 aromatic carbocycles. The number of ketones is 1. The molecule has 3 nitrogen and oxygen atoms in total. The van der Waals surface area contributed by atoms with Gasteiger partial charge in [0.2, 0.25) is 0 Å². The zero-order valence-electron chi connectivity index (χ0n) is 9.23. The minimum Gasteiger partial charge on any atom is -0.294 e. The standard InChI is InChI=1S/C12H12N2OS/c1-8-12(9(2)15)16-11(14-8)7-10-5-3-4-6-13-10/h3-6H,7H2,1-2H3. The molecule has 0 aliphatic rings. The molecule has 0 spiro atoms. The van der Waals surface area contributed by atoms with Crippen molar-refractivity contribution in [2.75, 3.05) is 0 Å². The summed E-state index contributed by atoms with van der Waals surface area (Å²) < 4.78 is 0. The number of thiazole rings is 1. The van der Waals surface area contributed by atoms with Gasteiger partial charge in [0, 0.05) is 25.2 Å². The average molecular weight is 232 g/mol. The number of carbonyl (C=O) groups excluding carboxylic acids is 1. The molecule has 2 rings (SSSR count). The van der Waals surface area contributed by atoms with Gasteiger partial charge in [-0.1, -0.05) is 6.07 Å². The highest BCUT2D eigenvalue weighted by atomic mass is 32.1. The van der Waals surface area contributed by atoms with Gasteiger partial charge in [-0.15, -0.1) is 11.3 Å². The van der Waals surface area contributed by atoms with Gasteiger partial charge in [0.25, 0.3) is 0 Å². The maximum Gasteiger partial charge on any atom is 0.171 e. The Labute approximate surface area is 98.2 Å². The molecule has 0 fully saturated rings. The first-order valence-electron chi connectivity index (χ1n) is 5.04. The summed E-state index contributed by atoms with van der Waals surface area (Å²) in [5.41, 5.74) is 1.80. The fourth-order valence-electron chi connectivity index (χ4n) is 1.51. The van der Waals surface area contributed by atoms with Gasteiger partial charge < -0.3 is 0 Å². The molecule has 2 heterocycles. The number of aryl methyl sites for hydroxylation is 1. The molecule has 0 radical (unpaired) electrons. The third kappa shape index (κ3) is 2.33. The van der Waals surface area contributed by atoms with Crippen LogP contribution in [0.25, 0.3) is 0 Å². The van der Waals surface area contributed by atoms with E-state index in [4.69, 9.17) is 0 Å². The SMILES string of the molecule is CC(=O)c1sc(Cc2ccccn2)nc1C. The Morgan fingerprint density at radius 1 is 1.44 bits per heavy atom. The Hall–Kier alpha value is -1.55. The molecule has 0 aliphatic carbocycles. The van der Waals surface area contributed by atoms with Crippen LogP contribution in [0.1, 0.15) is 33.0 Å². The molecule has 0 aliphatic heterocycles. The fraction of sp³-hybridized carbons (Fsp3) is 0.250. The Morgan fingerprint density at radius 3 is 2.81 bits per heavy atom. The molecule has 4 heteroatoms. The van der Waals surface area contributed by atoms with E-state index in [0.29, 0.717) is 6.42 Å². The van der Waals surface area contributed by atoms with Crippen LogP contribution in [0.4, 0.5) is 0 Å². The van der Waals surface area contributed by atoms with Crippen molar-refractivity contribution >= 4 is 17.1 Å². The van der Waals surface area contributed by atoms with Gasteiger partial charge in [-0.05, 0) is 19.1 Å². The summed E-state index contributed by atoms with van der Waals surface area (Å²) in [4.78, 5) is 20.7. The number of hydrogen-bond acceptors (Lipinski definition) is 4. The largest absolute Gasteiger partial charge is 0.294 e. The van der Waals surface area contributed by atoms with Crippen molar-refractivity contribution in [2.24, 2.45) is 0 Å². The van der Waals surface area contributed by atoms with Crippen molar-refractivity contribution in [3.63, 3.8) is 0 Å². The fourth-order valence-corrected chi connectivity index (χ4v) is 2.49. The molecule has 16 heavy (non-hydrogen) atoms. The predicted octanol–water partition coefficient (Wildman–Crippen LogP) is 2.64. The van der Waals surface area contributed by atoms with Gasteiger partial charge >= 0.3 is 0 Å². The van der Waals surface area contributed by atoms with E-state index in [2.05, 4.69) is 9.97 Å². The first kappa shape index (κ1) is 11.0. The second kappa shape index (κ2) is 4.53. The third-order valence-electron chi connectivity index (χ3n) is 2.22. The van der Waals surface area contributed by atoms with Crippen molar-refractivity contribution in [2.45, 2.75) is 20.3 Å². The van der Waals surface area contributed by atoms with Crippen molar-refractivity contribution in [1.29, 1.82) is 0 Å². The quantitative estimate of drug-likeness (QED) is 0.764. The van der Waals surface area contributed by atoms with Crippen molar-refractivity contribution in [1.82, 2.24) is 9.97 Å². The van der Waals surface area contributed by atoms with E-state index in [-0.39, 0.29) is 5.78 Å². The minimum atomic E-state index is 0.0854. The molecule has 0 amide bonds. The molecule has 82 valence electrons. The summed E-state index contributed by atoms with van der Waals surface area (Å²) in [6, 6.07) is 5.80. The molecule has 0 unspecified atom stereocenters. The van der Waals surface area contributed by atoms with Gasteiger partial charge in [-0.25, -0.2) is 4.98 Å². The maximum atomic E-state index is 11.3. The number of rotatable bonds is 3. The van der Waals surface area contributed by atoms with Crippen LogP contribution in [0.3, 0.4) is 0 Å². The zero-order valence-corrected chi connectivity index (χ0v) is 10.0. The van der Waals surface area contributed by atoms with E-state index in [1.807, 2.05) is 25.1 Å². The van der Waals surface area contributed by atoms with Crippen LogP contribution in [0, 0.1) is 6.92 Å². The number of aromatic nitrogens is 2. The summed E-state index contributed by atoms with van der Waals surface area (Å²) in [6.07, 6.45) is 2.46. The molecule has 2 aromatic heterocycles. The number of Topliss-reactive ketones (excluding diaryl/α,β-unsaturated/α-hetero) is 1. The molecular weight excluding hydrogens is 220 g/mol. The number of carbonyl (C=O) groups is 1. The molecule has 0 atom stereocenters. The highest BCUT2D eigenvalue weighted by Crippen LogP contribution is 2.20. The number of hydrogen-bond donors (Lipinski definition) is 0. The average Bonchev–Trinajstić information content (AvgIpc) is 2.61. The lowest BCUT2D eigenvalue weighted by Gasteiger charge is -1.94. The first-order valence-corrected chi connectivity index (χ1v) is 5.85. The number of nitrogens with zero attached hydrogens (tertiary/aromatic N) is 2. The molecule has 2 aromatic rings. The maximum absolute atomic E-state index is 11.3. The molecule has 0 N–H and O–H groups in total. The van der Waals surface area contributed by atoms with Gasteiger partial charge in [-0.2, -0.15) is 0 Å². The topological polar surface area (TPSA) is 42.9 Å². The van der Waals surface area contributed by atoms with Crippen LogP contribution < -0.4 is 0 Å². The van der Waals surface area contributed by atoms with Crippen LogP contribution in [0.15, 0.2) is 24.4 Å². The van der Waals surface area contributed by atoms with Gasteiger partial charge in [0.15, 0.2) is 5.78 Å². The number of pyridine rings is 1. The second-order valence-corrected chi connectivity index (χ2v) is 4.66. The van der Waals surface area contributed by atoms with E-state index >= 15 is 0 Å². The van der Waals surface area contributed by atoms with E-state index in [0.717, 1.165) is 21.3 Å². The lowest BCUT2D eigenvalue weighted by Crippen LogP contribution is -1.90. The Morgan fingerprint density at radius 2 is 2.25 bits per heavy atom. The highest BCUT2D eigenvalue weighted by molar-refractivity contribution is 7.13. The molecule has 0 bridgehead atoms. The zero-order chi connectivity index (χ0) is 11.5. The summed E-state index contributed by atoms with van der Waals surface area (Å²) in [7, 11) is 0. The monoisotopic (exact) mass is 232 g/mol. The van der Waals surface area contributed by atoms with Crippen LogP contribution >= 0.6 is 11.3 Å². The van der Waals surface area contributed by atoms with Crippen LogP contribution in [0.2, 0.25) is 0 Å². The van der Waals surface area contributed by atoms with Crippen molar-refractivity contribution in [3.8, 4) is 0 Å². The Kier molecular flexibility index (Phi) is 3.10. The Balaban J connectivity index is 2.23. The smallest absolute Gasteiger partial charge is 0.171 e. The van der Waals surface area contributed by atoms with Gasteiger partial charge in [-0.3, -0.25) is 9.78 Å². The van der Waals surface area contributed by atoms with Gasteiger partial charge in [0.05, 0.1) is 15.6 Å². The van der Waals surface area contributed by atoms with E-state index in [9.17, 15) is 4.79 Å². The van der Waals surface area contributed by atoms with E-state index in [1.54, 1.807) is 13.1 Å². The summed E-state index contributed by atoms with van der Waals surface area (Å²) in [5, 5.41) is 0.946. The lowest BCUT2D eigenvalue weighted by atomic mass is 10.3. The van der Waals surface area contributed by atoms with Crippen LogP contribution in [-0.4, -0.2) is 15.8 Å². The van der Waals surface area contributed by atoms with E-state index in [1.165, 1.54) is 11.3 Å².